The van der Waals surface area contributed by atoms with Crippen LogP contribution in [0.3, 0.4) is 0 Å². The lowest BCUT2D eigenvalue weighted by Crippen LogP contribution is -2.52. The van der Waals surface area contributed by atoms with Gasteiger partial charge in [-0.1, -0.05) is 33.2 Å². The van der Waals surface area contributed by atoms with E-state index in [1.807, 2.05) is 24.3 Å². The van der Waals surface area contributed by atoms with Crippen LogP contribution in [0.4, 0.5) is 0 Å². The quantitative estimate of drug-likeness (QED) is 0.591. The average molecular weight is 489 g/mol. The van der Waals surface area contributed by atoms with Gasteiger partial charge in [0.05, 0.1) is 5.71 Å². The summed E-state index contributed by atoms with van der Waals surface area (Å²) in [7, 11) is -3.76. The molecule has 1 unspecified atom stereocenters. The Balaban J connectivity index is 1.64. The second-order valence-corrected chi connectivity index (χ2v) is 10.9. The van der Waals surface area contributed by atoms with Gasteiger partial charge < -0.3 is 9.57 Å². The van der Waals surface area contributed by atoms with E-state index in [9.17, 15) is 13.2 Å². The van der Waals surface area contributed by atoms with E-state index in [0.717, 1.165) is 29.1 Å². The lowest BCUT2D eigenvalue weighted by molar-refractivity contribution is -0.201. The molecular weight excluding hydrogens is 464 g/mol. The number of carbonyl (C=O) groups is 1. The molecule has 1 saturated heterocycles. The van der Waals surface area contributed by atoms with Crippen molar-refractivity contribution < 1.29 is 27.6 Å². The van der Waals surface area contributed by atoms with Crippen molar-refractivity contribution in [3.63, 3.8) is 0 Å². The number of oxime groups is 1. The molecule has 3 rings (SSSR count). The van der Waals surface area contributed by atoms with E-state index < -0.39 is 32.9 Å². The van der Waals surface area contributed by atoms with Gasteiger partial charge in [0.25, 0.3) is 5.91 Å². The maximum absolute atomic E-state index is 12.8. The highest BCUT2D eigenvalue weighted by molar-refractivity contribution is 9.10. The molecule has 1 amide bonds. The summed E-state index contributed by atoms with van der Waals surface area (Å²) >= 11 is 3.38. The highest BCUT2D eigenvalue weighted by atomic mass is 79.9. The summed E-state index contributed by atoms with van der Waals surface area (Å²) in [6.45, 7) is 1.93. The number of nitrogens with one attached hydrogen (secondary N) is 1. The first-order valence-corrected chi connectivity index (χ1v) is 12.1. The van der Waals surface area contributed by atoms with E-state index in [-0.39, 0.29) is 6.42 Å². The van der Waals surface area contributed by atoms with Crippen LogP contribution in [-0.2, 0) is 29.0 Å². The molecule has 2 heterocycles. The number of benzene rings is 1. The zero-order valence-electron chi connectivity index (χ0n) is 16.4. The van der Waals surface area contributed by atoms with Gasteiger partial charge in [-0.3, -0.25) is 4.79 Å². The van der Waals surface area contributed by atoms with Crippen molar-refractivity contribution in [3.05, 3.63) is 34.3 Å². The molecule has 2 aliphatic heterocycles. The van der Waals surface area contributed by atoms with Gasteiger partial charge in [-0.15, -0.1) is 0 Å². The molecule has 8 nitrogen and oxygen atoms in total. The number of amides is 1. The summed E-state index contributed by atoms with van der Waals surface area (Å²) in [5, 5.41) is 4.09. The van der Waals surface area contributed by atoms with E-state index in [0.29, 0.717) is 25.2 Å². The van der Waals surface area contributed by atoms with E-state index in [1.165, 1.54) is 6.92 Å². The number of carbonyl (C=O) groups excluding carboxylic acids is 1. The minimum Gasteiger partial charge on any atom is -0.392 e. The second kappa shape index (κ2) is 9.11. The molecule has 0 aliphatic carbocycles. The predicted octanol–water partition coefficient (Wildman–Crippen LogP) is 2.71. The summed E-state index contributed by atoms with van der Waals surface area (Å²) in [5.41, 5.74) is 3.88. The normalized spacial score (nSPS) is 24.3. The molecule has 0 spiro atoms. The van der Waals surface area contributed by atoms with Gasteiger partial charge in [0.15, 0.2) is 20.9 Å². The first-order valence-electron chi connectivity index (χ1n) is 9.45. The van der Waals surface area contributed by atoms with Crippen molar-refractivity contribution in [1.29, 1.82) is 0 Å². The van der Waals surface area contributed by atoms with Crippen LogP contribution < -0.4 is 5.48 Å². The molecule has 3 atom stereocenters. The van der Waals surface area contributed by atoms with Crippen LogP contribution in [0.25, 0.3) is 0 Å². The van der Waals surface area contributed by atoms with Crippen molar-refractivity contribution in [2.75, 3.05) is 12.9 Å². The van der Waals surface area contributed by atoms with Crippen LogP contribution in [0.1, 0.15) is 44.6 Å². The Morgan fingerprint density at radius 3 is 2.69 bits per heavy atom. The average Bonchev–Trinajstić information content (AvgIpc) is 3.14. The van der Waals surface area contributed by atoms with Gasteiger partial charge >= 0.3 is 0 Å². The van der Waals surface area contributed by atoms with Gasteiger partial charge in [0, 0.05) is 36.6 Å². The van der Waals surface area contributed by atoms with Crippen LogP contribution in [0.5, 0.6) is 0 Å². The Labute approximate surface area is 179 Å². The zero-order chi connectivity index (χ0) is 21.1. The fraction of sp³-hybridized carbons (Fsp3) is 0.579. The third kappa shape index (κ3) is 5.36. The number of hydrogen-bond donors (Lipinski definition) is 1. The molecule has 1 aromatic carbocycles. The second-order valence-electron chi connectivity index (χ2n) is 7.53. The number of hydroxylamine groups is 1. The molecule has 1 fully saturated rings. The maximum atomic E-state index is 12.8. The Hall–Kier alpha value is -1.49. The highest BCUT2D eigenvalue weighted by Crippen LogP contribution is 2.30. The predicted molar refractivity (Wildman–Crippen MR) is 111 cm³/mol. The summed E-state index contributed by atoms with van der Waals surface area (Å²) < 4.78 is 29.6. The molecule has 0 saturated carbocycles. The maximum Gasteiger partial charge on any atom is 0.264 e. The molecule has 0 aromatic heterocycles. The smallest absolute Gasteiger partial charge is 0.264 e. The summed E-state index contributed by atoms with van der Waals surface area (Å²) in [6.07, 6.45) is 2.81. The van der Waals surface area contributed by atoms with Gasteiger partial charge in [-0.2, -0.15) is 0 Å². The molecule has 0 radical (unpaired) electrons. The van der Waals surface area contributed by atoms with Crippen LogP contribution >= 0.6 is 15.9 Å². The first-order chi connectivity index (χ1) is 13.7. The number of hydrogen-bond acceptors (Lipinski definition) is 7. The standard InChI is InChI=1S/C19H25BrN2O6S/c1-19(29(2,24)25,18(23)22-28-17-5-3-4-10-26-17)12-15-11-16(21-27-15)13-6-8-14(20)9-7-13/h6-9,15,17H,3-5,10-12H2,1-2H3,(H,22,23)/t15-,17?,19-/m1/s1. The van der Waals surface area contributed by atoms with E-state index in [4.69, 9.17) is 14.4 Å². The highest BCUT2D eigenvalue weighted by Gasteiger charge is 2.47. The lowest BCUT2D eigenvalue weighted by Gasteiger charge is -2.29. The number of rotatable bonds is 7. The fourth-order valence-corrected chi connectivity index (χ4v) is 4.36. The Bertz CT molecular complexity index is 867. The van der Waals surface area contributed by atoms with Crippen LogP contribution in [0.2, 0.25) is 0 Å². The molecular formula is C19H25BrN2O6S. The van der Waals surface area contributed by atoms with Crippen LogP contribution in [0.15, 0.2) is 33.9 Å². The van der Waals surface area contributed by atoms with Gasteiger partial charge in [0.1, 0.15) is 6.10 Å². The summed E-state index contributed by atoms with van der Waals surface area (Å²) in [4.78, 5) is 23.5. The van der Waals surface area contributed by atoms with E-state index in [2.05, 4.69) is 26.6 Å². The van der Waals surface area contributed by atoms with Gasteiger partial charge in [-0.05, 0) is 37.5 Å². The van der Waals surface area contributed by atoms with Gasteiger partial charge in [0.2, 0.25) is 0 Å². The Morgan fingerprint density at radius 2 is 2.07 bits per heavy atom. The Kier molecular flexibility index (Phi) is 6.98. The van der Waals surface area contributed by atoms with Crippen molar-refractivity contribution >= 4 is 37.4 Å². The minimum absolute atomic E-state index is 0.0456. The zero-order valence-corrected chi connectivity index (χ0v) is 18.8. The summed E-state index contributed by atoms with van der Waals surface area (Å²) in [5.74, 6) is -0.741. The first kappa shape index (κ1) is 22.2. The Morgan fingerprint density at radius 1 is 1.34 bits per heavy atom. The van der Waals surface area contributed by atoms with Crippen molar-refractivity contribution in [2.45, 2.75) is 56.2 Å². The molecule has 160 valence electrons. The number of halogens is 1. The SMILES string of the molecule is C[C@@](C[C@H]1CC(c2ccc(Br)cc2)=NO1)(C(=O)NOC1CCCCO1)S(C)(=O)=O. The van der Waals surface area contributed by atoms with E-state index in [1.54, 1.807) is 0 Å². The fourth-order valence-electron chi connectivity index (χ4n) is 3.23. The van der Waals surface area contributed by atoms with E-state index >= 15 is 0 Å². The molecule has 10 heteroatoms. The topological polar surface area (TPSA) is 103 Å². The molecule has 0 bridgehead atoms. The third-order valence-corrected chi connectivity index (χ3v) is 7.76. The molecule has 2 aliphatic rings. The van der Waals surface area contributed by atoms with Crippen molar-refractivity contribution in [3.8, 4) is 0 Å². The number of nitrogens with zero attached hydrogens (tertiary/aromatic N) is 1. The van der Waals surface area contributed by atoms with Gasteiger partial charge in [-0.25, -0.2) is 18.7 Å². The molecule has 29 heavy (non-hydrogen) atoms. The van der Waals surface area contributed by atoms with Crippen LogP contribution in [-0.4, -0.2) is 50.0 Å². The summed E-state index contributed by atoms with van der Waals surface area (Å²) in [6, 6.07) is 7.58. The largest absolute Gasteiger partial charge is 0.392 e. The van der Waals surface area contributed by atoms with Crippen molar-refractivity contribution in [1.82, 2.24) is 5.48 Å². The molecule has 1 N–H and O–H groups in total. The monoisotopic (exact) mass is 488 g/mol. The van der Waals surface area contributed by atoms with Crippen molar-refractivity contribution in [2.24, 2.45) is 5.16 Å². The van der Waals surface area contributed by atoms with Crippen LogP contribution in [0, 0.1) is 0 Å². The number of ether oxygens (including phenoxy) is 1. The molecule has 1 aromatic rings. The lowest BCUT2D eigenvalue weighted by atomic mass is 9.96. The number of sulfone groups is 1. The minimum atomic E-state index is -3.76. The third-order valence-electron chi connectivity index (χ3n) is 5.25.